The van der Waals surface area contributed by atoms with Crippen LogP contribution in [0.25, 0.3) is 11.0 Å². The van der Waals surface area contributed by atoms with Gasteiger partial charge in [0, 0.05) is 19.9 Å². The summed E-state index contributed by atoms with van der Waals surface area (Å²) in [4.78, 5) is 8.84. The molecule has 7 nitrogen and oxygen atoms in total. The van der Waals surface area contributed by atoms with Crippen LogP contribution in [0, 0.1) is 0 Å². The number of methoxy groups -OCH3 is 1. The van der Waals surface area contributed by atoms with Crippen molar-refractivity contribution in [2.24, 2.45) is 12.9 Å². The van der Waals surface area contributed by atoms with E-state index in [0.29, 0.717) is 5.82 Å². The Morgan fingerprint density at radius 2 is 2.33 bits per heavy atom. The van der Waals surface area contributed by atoms with Gasteiger partial charge in [-0.15, -0.1) is 0 Å². The van der Waals surface area contributed by atoms with Crippen LogP contribution in [0.2, 0.25) is 0 Å². The van der Waals surface area contributed by atoms with Gasteiger partial charge in [-0.25, -0.2) is 15.8 Å². The largest absolute Gasteiger partial charge is 0.384 e. The first-order chi connectivity index (χ1) is 8.76. The highest BCUT2D eigenvalue weighted by molar-refractivity contribution is 7.98. The van der Waals surface area contributed by atoms with Gasteiger partial charge in [0.2, 0.25) is 0 Å². The second-order valence-corrected chi connectivity index (χ2v) is 4.79. The molecular formula is C10H16N6OS. The fraction of sp³-hybridized carbons (Fsp3) is 0.500. The van der Waals surface area contributed by atoms with Crippen molar-refractivity contribution >= 4 is 28.6 Å². The molecule has 2 rings (SSSR count). The molecule has 0 aliphatic carbocycles. The minimum atomic E-state index is 0.607. The topological polar surface area (TPSA) is 90.9 Å². The van der Waals surface area contributed by atoms with Gasteiger partial charge in [0.1, 0.15) is 5.82 Å². The number of fused-ring (bicyclic) bond motifs is 1. The van der Waals surface area contributed by atoms with Gasteiger partial charge in [-0.05, 0) is 0 Å². The number of thioether (sulfide) groups is 1. The van der Waals surface area contributed by atoms with E-state index in [1.807, 2.05) is 7.05 Å². The van der Waals surface area contributed by atoms with Crippen LogP contribution in [-0.4, -0.2) is 39.2 Å². The normalized spacial score (nSPS) is 11.1. The number of nitrogens with two attached hydrogens (primary N) is 1. The SMILES string of the molecule is COCCSCc1nc(NN)c2cnn(C)c2n1. The Labute approximate surface area is 109 Å². The zero-order chi connectivity index (χ0) is 13.0. The Hall–Kier alpha value is -1.38. The summed E-state index contributed by atoms with van der Waals surface area (Å²) in [6, 6.07) is 0. The Balaban J connectivity index is 2.20. The molecule has 0 saturated carbocycles. The predicted octanol–water partition coefficient (Wildman–Crippen LogP) is 0.529. The van der Waals surface area contributed by atoms with Crippen molar-refractivity contribution < 1.29 is 4.74 Å². The average Bonchev–Trinajstić information content (AvgIpc) is 2.76. The second kappa shape index (κ2) is 5.98. The Morgan fingerprint density at radius 3 is 3.06 bits per heavy atom. The van der Waals surface area contributed by atoms with Crippen molar-refractivity contribution in [2.75, 3.05) is 24.9 Å². The first-order valence-electron chi connectivity index (χ1n) is 5.48. The lowest BCUT2D eigenvalue weighted by Gasteiger charge is -2.05. The molecule has 2 aromatic heterocycles. The summed E-state index contributed by atoms with van der Waals surface area (Å²) in [5, 5.41) is 4.97. The molecule has 0 unspecified atom stereocenters. The van der Waals surface area contributed by atoms with Gasteiger partial charge in [-0.1, -0.05) is 0 Å². The zero-order valence-electron chi connectivity index (χ0n) is 10.4. The highest BCUT2D eigenvalue weighted by Gasteiger charge is 2.10. The lowest BCUT2D eigenvalue weighted by atomic mass is 10.4. The molecule has 8 heteroatoms. The smallest absolute Gasteiger partial charge is 0.163 e. The Morgan fingerprint density at radius 1 is 1.50 bits per heavy atom. The van der Waals surface area contributed by atoms with Crippen LogP contribution in [0.3, 0.4) is 0 Å². The van der Waals surface area contributed by atoms with Crippen molar-refractivity contribution in [1.82, 2.24) is 19.7 Å². The number of hydrogen-bond acceptors (Lipinski definition) is 7. The van der Waals surface area contributed by atoms with E-state index in [0.717, 1.165) is 35.0 Å². The quantitative estimate of drug-likeness (QED) is 0.448. The van der Waals surface area contributed by atoms with E-state index in [-0.39, 0.29) is 0 Å². The highest BCUT2D eigenvalue weighted by atomic mass is 32.2. The van der Waals surface area contributed by atoms with Crippen LogP contribution >= 0.6 is 11.8 Å². The number of rotatable bonds is 6. The van der Waals surface area contributed by atoms with Gasteiger partial charge >= 0.3 is 0 Å². The van der Waals surface area contributed by atoms with Crippen LogP contribution in [0.15, 0.2) is 6.20 Å². The molecule has 0 atom stereocenters. The monoisotopic (exact) mass is 268 g/mol. The average molecular weight is 268 g/mol. The predicted molar refractivity (Wildman–Crippen MR) is 72.2 cm³/mol. The summed E-state index contributed by atoms with van der Waals surface area (Å²) in [6.45, 7) is 0.723. The fourth-order valence-corrected chi connectivity index (χ4v) is 2.29. The van der Waals surface area contributed by atoms with E-state index < -0.39 is 0 Å². The molecule has 0 bridgehead atoms. The third-order valence-electron chi connectivity index (χ3n) is 2.44. The number of nitrogens with zero attached hydrogens (tertiary/aromatic N) is 4. The maximum absolute atomic E-state index is 5.47. The number of anilines is 1. The molecule has 18 heavy (non-hydrogen) atoms. The number of aryl methyl sites for hydroxylation is 1. The molecule has 2 aromatic rings. The van der Waals surface area contributed by atoms with Gasteiger partial charge in [-0.2, -0.15) is 16.9 Å². The first kappa shape index (κ1) is 13.1. The minimum Gasteiger partial charge on any atom is -0.384 e. The highest BCUT2D eigenvalue weighted by Crippen LogP contribution is 2.20. The lowest BCUT2D eigenvalue weighted by molar-refractivity contribution is 0.218. The summed E-state index contributed by atoms with van der Waals surface area (Å²) >= 11 is 1.72. The van der Waals surface area contributed by atoms with Crippen LogP contribution in [0.1, 0.15) is 5.82 Å². The van der Waals surface area contributed by atoms with E-state index in [2.05, 4.69) is 20.5 Å². The van der Waals surface area contributed by atoms with Gasteiger partial charge in [-0.3, -0.25) is 4.68 Å². The summed E-state index contributed by atoms with van der Waals surface area (Å²) in [5.74, 6) is 8.44. The standard InChI is InChI=1S/C10H16N6OS/c1-16-10-7(5-12-16)9(15-11)13-8(14-10)6-18-4-3-17-2/h5H,3-4,6,11H2,1-2H3,(H,13,14,15). The first-order valence-corrected chi connectivity index (χ1v) is 6.63. The van der Waals surface area contributed by atoms with Crippen molar-refractivity contribution in [2.45, 2.75) is 5.75 Å². The maximum atomic E-state index is 5.47. The summed E-state index contributed by atoms with van der Waals surface area (Å²) in [7, 11) is 3.53. The second-order valence-electron chi connectivity index (χ2n) is 3.68. The maximum Gasteiger partial charge on any atom is 0.163 e. The minimum absolute atomic E-state index is 0.607. The number of hydrazine groups is 1. The van der Waals surface area contributed by atoms with Crippen LogP contribution in [-0.2, 0) is 17.5 Å². The molecule has 0 saturated heterocycles. The Bertz CT molecular complexity index is 528. The fourth-order valence-electron chi connectivity index (χ4n) is 1.55. The third kappa shape index (κ3) is 2.71. The molecule has 0 aliphatic heterocycles. The molecular weight excluding hydrogens is 252 g/mol. The molecule has 0 aromatic carbocycles. The molecule has 98 valence electrons. The van der Waals surface area contributed by atoms with Crippen molar-refractivity contribution in [3.05, 3.63) is 12.0 Å². The molecule has 0 fully saturated rings. The van der Waals surface area contributed by atoms with E-state index >= 15 is 0 Å². The Kier molecular flexibility index (Phi) is 4.34. The van der Waals surface area contributed by atoms with Crippen LogP contribution in [0.5, 0.6) is 0 Å². The molecule has 0 spiro atoms. The van der Waals surface area contributed by atoms with Gasteiger partial charge in [0.05, 0.1) is 23.9 Å². The van der Waals surface area contributed by atoms with Gasteiger partial charge in [0.25, 0.3) is 0 Å². The van der Waals surface area contributed by atoms with E-state index in [9.17, 15) is 0 Å². The number of nitrogen functional groups attached to an aromatic ring is 1. The van der Waals surface area contributed by atoms with E-state index in [1.54, 1.807) is 29.8 Å². The summed E-state index contributed by atoms with van der Waals surface area (Å²) < 4.78 is 6.70. The summed E-state index contributed by atoms with van der Waals surface area (Å²) in [6.07, 6.45) is 1.70. The number of ether oxygens (including phenoxy) is 1. The van der Waals surface area contributed by atoms with Gasteiger partial charge < -0.3 is 10.2 Å². The molecule has 0 aliphatic rings. The van der Waals surface area contributed by atoms with Gasteiger partial charge in [0.15, 0.2) is 11.5 Å². The van der Waals surface area contributed by atoms with Crippen molar-refractivity contribution in [3.63, 3.8) is 0 Å². The van der Waals surface area contributed by atoms with Crippen LogP contribution < -0.4 is 11.3 Å². The number of hydrogen-bond donors (Lipinski definition) is 2. The molecule has 0 radical (unpaired) electrons. The van der Waals surface area contributed by atoms with E-state index in [1.165, 1.54) is 0 Å². The molecule has 0 amide bonds. The number of aromatic nitrogens is 4. The lowest BCUT2D eigenvalue weighted by Crippen LogP contribution is -2.11. The summed E-state index contributed by atoms with van der Waals surface area (Å²) in [5.41, 5.74) is 3.36. The number of nitrogens with one attached hydrogen (secondary N) is 1. The third-order valence-corrected chi connectivity index (χ3v) is 3.36. The zero-order valence-corrected chi connectivity index (χ0v) is 11.2. The molecule has 3 N–H and O–H groups in total. The molecule has 2 heterocycles. The van der Waals surface area contributed by atoms with E-state index in [4.69, 9.17) is 10.6 Å². The van der Waals surface area contributed by atoms with Crippen LogP contribution in [0.4, 0.5) is 5.82 Å². The van der Waals surface area contributed by atoms with Crippen molar-refractivity contribution in [3.8, 4) is 0 Å². The van der Waals surface area contributed by atoms with Crippen molar-refractivity contribution in [1.29, 1.82) is 0 Å².